The third-order valence-electron chi connectivity index (χ3n) is 6.20. The second kappa shape index (κ2) is 6.75. The first-order valence-electron chi connectivity index (χ1n) is 9.74. The maximum atomic E-state index is 14.1. The number of hydrogen-bond donors (Lipinski definition) is 1. The average Bonchev–Trinajstić information content (AvgIpc) is 2.97. The number of aromatic amines is 1. The summed E-state index contributed by atoms with van der Waals surface area (Å²) in [6.45, 7) is 0. The molecule has 0 aliphatic heterocycles. The summed E-state index contributed by atoms with van der Waals surface area (Å²) >= 11 is 1.24. The Morgan fingerprint density at radius 3 is 2.93 bits per heavy atom. The van der Waals surface area contributed by atoms with Gasteiger partial charge in [-0.25, -0.2) is 4.39 Å². The van der Waals surface area contributed by atoms with E-state index in [0.717, 1.165) is 35.0 Å². The Morgan fingerprint density at radius 1 is 1.11 bits per heavy atom. The van der Waals surface area contributed by atoms with Crippen LogP contribution in [-0.4, -0.2) is 11.2 Å². The molecule has 0 amide bonds. The van der Waals surface area contributed by atoms with Gasteiger partial charge in [-0.3, -0.25) is 4.79 Å². The fourth-order valence-electron chi connectivity index (χ4n) is 4.92. The molecule has 1 heterocycles. The summed E-state index contributed by atoms with van der Waals surface area (Å²) in [6, 6.07) is 14.8. The van der Waals surface area contributed by atoms with Gasteiger partial charge in [0.05, 0.1) is 10.2 Å². The van der Waals surface area contributed by atoms with Crippen LogP contribution in [0.1, 0.15) is 42.4 Å². The van der Waals surface area contributed by atoms with Crippen molar-refractivity contribution in [2.24, 2.45) is 11.8 Å². The quantitative estimate of drug-likeness (QED) is 0.567. The van der Waals surface area contributed by atoms with E-state index in [9.17, 15) is 9.18 Å². The smallest absolute Gasteiger partial charge is 0.305 e. The van der Waals surface area contributed by atoms with Gasteiger partial charge in [0.15, 0.2) is 0 Å². The first-order valence-corrected chi connectivity index (χ1v) is 10.6. The van der Waals surface area contributed by atoms with Crippen LogP contribution >= 0.6 is 11.3 Å². The molecule has 1 fully saturated rings. The number of nitrogens with one attached hydrogen (secondary N) is 1. The Balaban J connectivity index is 1.64. The molecule has 4 heteroatoms. The molecule has 5 rings (SSSR count). The number of aromatic nitrogens is 1. The fraction of sp³-hybridized carbons (Fsp3) is 0.348. The normalized spacial score (nSPS) is 26.6. The Bertz CT molecular complexity index is 1080. The van der Waals surface area contributed by atoms with Crippen LogP contribution < -0.4 is 4.87 Å². The van der Waals surface area contributed by atoms with Crippen molar-refractivity contribution in [3.05, 3.63) is 68.8 Å². The van der Waals surface area contributed by atoms with E-state index in [1.807, 2.05) is 6.07 Å². The number of fused-ring (bicyclic) bond motifs is 3. The van der Waals surface area contributed by atoms with Gasteiger partial charge < -0.3 is 4.98 Å². The van der Waals surface area contributed by atoms with Gasteiger partial charge in [0.25, 0.3) is 0 Å². The van der Waals surface area contributed by atoms with Crippen LogP contribution in [0.4, 0.5) is 4.39 Å². The number of aryl methyl sites for hydroxylation is 1. The second-order valence-corrected chi connectivity index (χ2v) is 8.86. The lowest BCUT2D eigenvalue weighted by atomic mass is 9.72. The first-order chi connectivity index (χ1) is 13.2. The lowest BCUT2D eigenvalue weighted by molar-refractivity contribution is 0.163. The van der Waals surface area contributed by atoms with Gasteiger partial charge in [-0.2, -0.15) is 0 Å². The molecule has 2 nitrogen and oxygen atoms in total. The largest absolute Gasteiger partial charge is 0.312 e. The molecule has 0 bridgehead atoms. The molecule has 2 aromatic carbocycles. The number of rotatable bonds is 1. The van der Waals surface area contributed by atoms with E-state index in [2.05, 4.69) is 47.5 Å². The molecular weight excluding hydrogens is 357 g/mol. The highest BCUT2D eigenvalue weighted by Crippen LogP contribution is 2.46. The molecule has 1 saturated carbocycles. The van der Waals surface area contributed by atoms with Crippen LogP contribution in [0.3, 0.4) is 0 Å². The molecule has 0 radical (unpaired) electrons. The fourth-order valence-corrected chi connectivity index (χ4v) is 5.64. The highest BCUT2D eigenvalue weighted by molar-refractivity contribution is 7.16. The standard InChI is InChI=1S/C23H22FNOS/c24-17-8-9-19-16(13-17)7-6-15-3-1-2-4-18(15)20(19)11-14-5-10-22-21(12-14)25-23(26)27-22/h1-5,10-12,16-17,19H,6-9,13H2,(H,25,26)/b20-11-. The van der Waals surface area contributed by atoms with Crippen molar-refractivity contribution in [3.63, 3.8) is 0 Å². The van der Waals surface area contributed by atoms with E-state index in [0.29, 0.717) is 24.7 Å². The van der Waals surface area contributed by atoms with E-state index < -0.39 is 6.17 Å². The van der Waals surface area contributed by atoms with E-state index in [4.69, 9.17) is 0 Å². The van der Waals surface area contributed by atoms with Crippen LogP contribution in [0.5, 0.6) is 0 Å². The summed E-state index contributed by atoms with van der Waals surface area (Å²) in [4.78, 5) is 14.5. The number of thiazole rings is 1. The molecular formula is C23H22FNOS. The number of hydrogen-bond acceptors (Lipinski definition) is 2. The minimum atomic E-state index is -0.652. The van der Waals surface area contributed by atoms with Crippen molar-refractivity contribution in [1.82, 2.24) is 4.98 Å². The predicted octanol–water partition coefficient (Wildman–Crippen LogP) is 5.83. The number of allylic oxidation sites excluding steroid dienone is 1. The predicted molar refractivity (Wildman–Crippen MR) is 111 cm³/mol. The zero-order valence-corrected chi connectivity index (χ0v) is 15.9. The Labute approximate surface area is 161 Å². The minimum Gasteiger partial charge on any atom is -0.312 e. The number of benzene rings is 2. The third kappa shape index (κ3) is 3.16. The Kier molecular flexibility index (Phi) is 4.24. The second-order valence-electron chi connectivity index (χ2n) is 7.84. The molecule has 3 aromatic rings. The van der Waals surface area contributed by atoms with Crippen LogP contribution in [0.2, 0.25) is 0 Å². The van der Waals surface area contributed by atoms with Gasteiger partial charge in [-0.15, -0.1) is 0 Å². The van der Waals surface area contributed by atoms with Crippen LogP contribution in [-0.2, 0) is 6.42 Å². The first kappa shape index (κ1) is 16.9. The molecule has 1 N–H and O–H groups in total. The lowest BCUT2D eigenvalue weighted by Gasteiger charge is -2.33. The van der Waals surface area contributed by atoms with Crippen molar-refractivity contribution in [2.75, 3.05) is 0 Å². The third-order valence-corrected chi connectivity index (χ3v) is 7.06. The molecule has 0 spiro atoms. The molecule has 27 heavy (non-hydrogen) atoms. The molecule has 0 saturated heterocycles. The Hall–Kier alpha value is -2.20. The van der Waals surface area contributed by atoms with E-state index in [1.165, 1.54) is 28.0 Å². The summed E-state index contributed by atoms with van der Waals surface area (Å²) in [5.74, 6) is 0.829. The van der Waals surface area contributed by atoms with Crippen LogP contribution in [0.25, 0.3) is 21.9 Å². The number of H-pyrrole nitrogens is 1. The highest BCUT2D eigenvalue weighted by atomic mass is 32.1. The molecule has 3 unspecified atom stereocenters. The van der Waals surface area contributed by atoms with E-state index >= 15 is 0 Å². The minimum absolute atomic E-state index is 0.0176. The van der Waals surface area contributed by atoms with Crippen molar-refractivity contribution in [3.8, 4) is 0 Å². The molecule has 2 aliphatic carbocycles. The SMILES string of the molecule is O=c1[nH]c2cc(/C=C3/c4ccccc4CCC4CC(F)CCC34)ccc2s1. The topological polar surface area (TPSA) is 32.9 Å². The zero-order chi connectivity index (χ0) is 18.4. The number of halogens is 1. The van der Waals surface area contributed by atoms with E-state index in [-0.39, 0.29) is 4.87 Å². The molecule has 2 aliphatic rings. The average molecular weight is 380 g/mol. The summed E-state index contributed by atoms with van der Waals surface area (Å²) < 4.78 is 15.1. The zero-order valence-electron chi connectivity index (χ0n) is 15.1. The number of alkyl halides is 1. The van der Waals surface area contributed by atoms with Gasteiger partial charge in [0, 0.05) is 0 Å². The summed E-state index contributed by atoms with van der Waals surface area (Å²) in [5.41, 5.74) is 6.03. The van der Waals surface area contributed by atoms with Gasteiger partial charge in [-0.05, 0) is 78.3 Å². The monoisotopic (exact) mass is 379 g/mol. The van der Waals surface area contributed by atoms with Gasteiger partial charge in [-0.1, -0.05) is 47.7 Å². The van der Waals surface area contributed by atoms with Crippen LogP contribution in [0, 0.1) is 11.8 Å². The van der Waals surface area contributed by atoms with Crippen LogP contribution in [0.15, 0.2) is 47.3 Å². The van der Waals surface area contributed by atoms with Gasteiger partial charge in [0.1, 0.15) is 6.17 Å². The van der Waals surface area contributed by atoms with E-state index in [1.54, 1.807) is 0 Å². The summed E-state index contributed by atoms with van der Waals surface area (Å²) in [5, 5.41) is 0. The lowest BCUT2D eigenvalue weighted by Crippen LogP contribution is -2.26. The Morgan fingerprint density at radius 2 is 2.00 bits per heavy atom. The highest BCUT2D eigenvalue weighted by Gasteiger charge is 2.35. The molecule has 1 aromatic heterocycles. The summed E-state index contributed by atoms with van der Waals surface area (Å²) in [7, 11) is 0. The van der Waals surface area contributed by atoms with Gasteiger partial charge in [0.2, 0.25) is 0 Å². The summed E-state index contributed by atoms with van der Waals surface area (Å²) in [6.07, 6.45) is 5.99. The van der Waals surface area contributed by atoms with Crippen molar-refractivity contribution in [1.29, 1.82) is 0 Å². The molecule has 3 atom stereocenters. The van der Waals surface area contributed by atoms with Crippen molar-refractivity contribution >= 4 is 33.2 Å². The maximum Gasteiger partial charge on any atom is 0.305 e. The maximum absolute atomic E-state index is 14.1. The van der Waals surface area contributed by atoms with Crippen molar-refractivity contribution in [2.45, 2.75) is 38.3 Å². The van der Waals surface area contributed by atoms with Gasteiger partial charge >= 0.3 is 4.87 Å². The molecule has 138 valence electrons. The van der Waals surface area contributed by atoms with Crippen molar-refractivity contribution < 1.29 is 4.39 Å².